The first-order chi connectivity index (χ1) is 9.85. The molecule has 6 nitrogen and oxygen atoms in total. The number of carboxylic acid groups (broad SMARTS) is 1. The van der Waals surface area contributed by atoms with E-state index in [2.05, 4.69) is 26.6 Å². The number of hydrogen-bond acceptors (Lipinski definition) is 3. The molecule has 0 spiro atoms. The van der Waals surface area contributed by atoms with Gasteiger partial charge in [-0.3, -0.25) is 0 Å². The molecule has 0 aliphatic heterocycles. The summed E-state index contributed by atoms with van der Waals surface area (Å²) in [5.41, 5.74) is 0.260. The molecule has 0 radical (unpaired) electrons. The number of nitrogens with one attached hydrogen (secondary N) is 2. The predicted molar refractivity (Wildman–Crippen MR) is 83.8 cm³/mol. The number of aromatic carboxylic acids is 1. The number of carbonyl (C=O) groups is 2. The quantitative estimate of drug-likeness (QED) is 0.729. The van der Waals surface area contributed by atoms with Crippen LogP contribution < -0.4 is 10.6 Å². The Labute approximate surface area is 132 Å². The van der Waals surface area contributed by atoms with Gasteiger partial charge in [-0.2, -0.15) is 0 Å². The molecule has 2 amide bonds. The van der Waals surface area contributed by atoms with E-state index in [0.717, 1.165) is 0 Å². The van der Waals surface area contributed by atoms with E-state index in [1.54, 1.807) is 13.2 Å². The van der Waals surface area contributed by atoms with Crippen molar-refractivity contribution in [3.63, 3.8) is 0 Å². The van der Waals surface area contributed by atoms with Crippen LogP contribution in [-0.2, 0) is 4.74 Å². The minimum Gasteiger partial charge on any atom is -0.478 e. The van der Waals surface area contributed by atoms with Gasteiger partial charge in [0.05, 0.1) is 23.9 Å². The van der Waals surface area contributed by atoms with E-state index in [1.165, 1.54) is 12.1 Å². The number of carboxylic acids is 1. The van der Waals surface area contributed by atoms with E-state index in [4.69, 9.17) is 9.84 Å². The molecule has 0 saturated heterocycles. The Hall–Kier alpha value is -1.60. The van der Waals surface area contributed by atoms with Crippen molar-refractivity contribution in [3.05, 3.63) is 28.2 Å². The van der Waals surface area contributed by atoms with Crippen molar-refractivity contribution in [3.8, 4) is 0 Å². The maximum Gasteiger partial charge on any atom is 0.337 e. The van der Waals surface area contributed by atoms with Crippen LogP contribution in [0.2, 0.25) is 0 Å². The second-order valence-corrected chi connectivity index (χ2v) is 5.82. The van der Waals surface area contributed by atoms with Gasteiger partial charge in [0, 0.05) is 11.6 Å². The zero-order valence-electron chi connectivity index (χ0n) is 12.1. The molecular formula is C14H19BrN2O4. The smallest absolute Gasteiger partial charge is 0.337 e. The number of ether oxygens (including phenoxy) is 1. The number of benzene rings is 1. The third-order valence-corrected chi connectivity index (χ3v) is 3.42. The van der Waals surface area contributed by atoms with Gasteiger partial charge in [0.1, 0.15) is 0 Å². The summed E-state index contributed by atoms with van der Waals surface area (Å²) in [6.45, 7) is 4.32. The van der Waals surface area contributed by atoms with Gasteiger partial charge in [0.15, 0.2) is 0 Å². The van der Waals surface area contributed by atoms with Gasteiger partial charge in [-0.1, -0.05) is 29.8 Å². The molecule has 7 heteroatoms. The minimum atomic E-state index is -1.11. The summed E-state index contributed by atoms with van der Waals surface area (Å²) in [5.74, 6) is -0.913. The van der Waals surface area contributed by atoms with Crippen LogP contribution in [-0.4, -0.2) is 36.9 Å². The topological polar surface area (TPSA) is 87.7 Å². The van der Waals surface area contributed by atoms with Gasteiger partial charge < -0.3 is 20.5 Å². The summed E-state index contributed by atoms with van der Waals surface area (Å²) < 4.78 is 5.68. The highest BCUT2D eigenvalue weighted by Crippen LogP contribution is 2.21. The average Bonchev–Trinajstić information content (AvgIpc) is 2.40. The zero-order valence-corrected chi connectivity index (χ0v) is 13.7. The monoisotopic (exact) mass is 358 g/mol. The molecule has 3 N–H and O–H groups in total. The standard InChI is InChI=1S/C14H19BrN2O4/c1-8(2)12(7-21-3)17-14(20)16-11-5-4-9(15)6-10(11)13(18)19/h4-6,8,12H,7H2,1-3H3,(H,18,19)(H2,16,17,20). The van der Waals surface area contributed by atoms with E-state index < -0.39 is 12.0 Å². The van der Waals surface area contributed by atoms with Crippen molar-refractivity contribution in [1.82, 2.24) is 5.32 Å². The molecule has 1 aromatic rings. The Morgan fingerprint density at radius 2 is 2.05 bits per heavy atom. The average molecular weight is 359 g/mol. The minimum absolute atomic E-state index is 0.0207. The Morgan fingerprint density at radius 1 is 1.38 bits per heavy atom. The molecule has 1 aromatic carbocycles. The molecule has 21 heavy (non-hydrogen) atoms. The normalized spacial score (nSPS) is 12.0. The van der Waals surface area contributed by atoms with Gasteiger partial charge in [-0.25, -0.2) is 9.59 Å². The van der Waals surface area contributed by atoms with Crippen LogP contribution in [0, 0.1) is 5.92 Å². The van der Waals surface area contributed by atoms with E-state index in [0.29, 0.717) is 11.1 Å². The first kappa shape index (κ1) is 17.5. The van der Waals surface area contributed by atoms with Gasteiger partial charge >= 0.3 is 12.0 Å². The van der Waals surface area contributed by atoms with Crippen molar-refractivity contribution >= 4 is 33.6 Å². The lowest BCUT2D eigenvalue weighted by atomic mass is 10.1. The van der Waals surface area contributed by atoms with Crippen molar-refractivity contribution in [1.29, 1.82) is 0 Å². The second kappa shape index (κ2) is 7.99. The molecule has 0 fully saturated rings. The highest BCUT2D eigenvalue weighted by molar-refractivity contribution is 9.10. The van der Waals surface area contributed by atoms with E-state index in [9.17, 15) is 9.59 Å². The maximum atomic E-state index is 12.0. The zero-order chi connectivity index (χ0) is 16.0. The fourth-order valence-corrected chi connectivity index (χ4v) is 2.07. The SMILES string of the molecule is COCC(NC(=O)Nc1ccc(Br)cc1C(=O)O)C(C)C. The lowest BCUT2D eigenvalue weighted by molar-refractivity contribution is 0.0698. The first-order valence-corrected chi connectivity index (χ1v) is 7.23. The summed E-state index contributed by atoms with van der Waals surface area (Å²) in [6.07, 6.45) is 0. The Bertz CT molecular complexity index is 520. The summed E-state index contributed by atoms with van der Waals surface area (Å²) >= 11 is 3.20. The van der Waals surface area contributed by atoms with Gasteiger partial charge in [-0.05, 0) is 24.1 Å². The second-order valence-electron chi connectivity index (χ2n) is 4.90. The van der Waals surface area contributed by atoms with Crippen LogP contribution >= 0.6 is 15.9 Å². The van der Waals surface area contributed by atoms with E-state index in [-0.39, 0.29) is 23.2 Å². The summed E-state index contributed by atoms with van der Waals surface area (Å²) in [6, 6.07) is 4.02. The molecule has 0 aromatic heterocycles. The molecular weight excluding hydrogens is 340 g/mol. The summed E-state index contributed by atoms with van der Waals surface area (Å²) in [5, 5.41) is 14.5. The van der Waals surface area contributed by atoms with E-state index >= 15 is 0 Å². The number of anilines is 1. The van der Waals surface area contributed by atoms with Gasteiger partial charge in [0.2, 0.25) is 0 Å². The maximum absolute atomic E-state index is 12.0. The third kappa shape index (κ3) is 5.35. The van der Waals surface area contributed by atoms with Crippen LogP contribution in [0.1, 0.15) is 24.2 Å². The van der Waals surface area contributed by atoms with Crippen LogP contribution in [0.4, 0.5) is 10.5 Å². The van der Waals surface area contributed by atoms with Crippen LogP contribution in [0.15, 0.2) is 22.7 Å². The predicted octanol–water partition coefficient (Wildman–Crippen LogP) is 2.94. The molecule has 116 valence electrons. The summed E-state index contributed by atoms with van der Waals surface area (Å²) in [7, 11) is 1.56. The van der Waals surface area contributed by atoms with Gasteiger partial charge in [-0.15, -0.1) is 0 Å². The summed E-state index contributed by atoms with van der Waals surface area (Å²) in [4.78, 5) is 23.2. The number of methoxy groups -OCH3 is 1. The van der Waals surface area contributed by atoms with Crippen LogP contribution in [0.5, 0.6) is 0 Å². The Kier molecular flexibility index (Phi) is 6.64. The number of carbonyl (C=O) groups excluding carboxylic acids is 1. The number of hydrogen-bond donors (Lipinski definition) is 3. The third-order valence-electron chi connectivity index (χ3n) is 2.93. The number of rotatable bonds is 6. The fraction of sp³-hybridized carbons (Fsp3) is 0.429. The van der Waals surface area contributed by atoms with Crippen LogP contribution in [0.25, 0.3) is 0 Å². The molecule has 0 bridgehead atoms. The highest BCUT2D eigenvalue weighted by Gasteiger charge is 2.18. The van der Waals surface area contributed by atoms with Crippen molar-refractivity contribution in [2.24, 2.45) is 5.92 Å². The Morgan fingerprint density at radius 3 is 2.57 bits per heavy atom. The molecule has 0 heterocycles. The Balaban J connectivity index is 2.81. The first-order valence-electron chi connectivity index (χ1n) is 6.44. The molecule has 0 saturated carbocycles. The van der Waals surface area contributed by atoms with Crippen molar-refractivity contribution < 1.29 is 19.4 Å². The van der Waals surface area contributed by atoms with E-state index in [1.807, 2.05) is 13.8 Å². The lowest BCUT2D eigenvalue weighted by Gasteiger charge is -2.22. The number of amides is 2. The van der Waals surface area contributed by atoms with Crippen molar-refractivity contribution in [2.45, 2.75) is 19.9 Å². The van der Waals surface area contributed by atoms with Gasteiger partial charge in [0.25, 0.3) is 0 Å². The van der Waals surface area contributed by atoms with Crippen molar-refractivity contribution in [2.75, 3.05) is 19.0 Å². The number of halogens is 1. The van der Waals surface area contributed by atoms with Crippen LogP contribution in [0.3, 0.4) is 0 Å². The fourth-order valence-electron chi connectivity index (χ4n) is 1.71. The lowest BCUT2D eigenvalue weighted by Crippen LogP contribution is -2.43. The molecule has 0 aliphatic rings. The molecule has 0 aliphatic carbocycles. The molecule has 1 rings (SSSR count). The molecule has 1 atom stereocenters. The largest absolute Gasteiger partial charge is 0.478 e. The highest BCUT2D eigenvalue weighted by atomic mass is 79.9. The molecule has 1 unspecified atom stereocenters. The number of urea groups is 1.